The first-order valence-corrected chi connectivity index (χ1v) is 5.93. The summed E-state index contributed by atoms with van der Waals surface area (Å²) >= 11 is 1.39. The minimum atomic E-state index is -0.340. The molecular formula is C12H8N2O2S. The molecule has 0 aliphatic rings. The maximum Gasteiger partial charge on any atom is 0.287 e. The van der Waals surface area contributed by atoms with Crippen LogP contribution >= 0.6 is 11.3 Å². The number of aromatic nitrogens is 1. The Balaban J connectivity index is 2.28. The number of hydrogen-bond donors (Lipinski definition) is 1. The van der Waals surface area contributed by atoms with E-state index >= 15 is 0 Å². The van der Waals surface area contributed by atoms with Gasteiger partial charge in [-0.3, -0.25) is 10.1 Å². The molecule has 0 fully saturated rings. The van der Waals surface area contributed by atoms with Crippen LogP contribution in [-0.4, -0.2) is 9.91 Å². The highest BCUT2D eigenvalue weighted by Gasteiger charge is 2.19. The number of nitro groups is 1. The Morgan fingerprint density at radius 2 is 2.06 bits per heavy atom. The highest BCUT2D eigenvalue weighted by Crippen LogP contribution is 2.38. The molecule has 3 aromatic rings. The highest BCUT2D eigenvalue weighted by atomic mass is 32.1. The maximum atomic E-state index is 10.9. The molecule has 17 heavy (non-hydrogen) atoms. The minimum Gasteiger partial charge on any atom is -0.361 e. The standard InChI is InChI=1S/C12H8N2O2S/c15-14(16)11-5-6-17-12(11)9-7-13-10-4-2-1-3-8(9)10/h1-7,13H. The minimum absolute atomic E-state index is 0.166. The number of H-pyrrole nitrogens is 1. The van der Waals surface area contributed by atoms with E-state index < -0.39 is 0 Å². The van der Waals surface area contributed by atoms with E-state index in [1.807, 2.05) is 30.5 Å². The van der Waals surface area contributed by atoms with Crippen LogP contribution in [0.2, 0.25) is 0 Å². The fourth-order valence-corrected chi connectivity index (χ4v) is 2.80. The zero-order valence-corrected chi connectivity index (χ0v) is 9.53. The number of fused-ring (bicyclic) bond motifs is 1. The molecule has 0 unspecified atom stereocenters. The van der Waals surface area contributed by atoms with E-state index in [2.05, 4.69) is 4.98 Å². The smallest absolute Gasteiger partial charge is 0.287 e. The van der Waals surface area contributed by atoms with Crippen LogP contribution in [0.1, 0.15) is 0 Å². The molecule has 1 aromatic carbocycles. The normalized spacial score (nSPS) is 10.8. The van der Waals surface area contributed by atoms with Crippen molar-refractivity contribution in [2.45, 2.75) is 0 Å². The summed E-state index contributed by atoms with van der Waals surface area (Å²) < 4.78 is 0. The summed E-state index contributed by atoms with van der Waals surface area (Å²) in [7, 11) is 0. The summed E-state index contributed by atoms with van der Waals surface area (Å²) in [5.74, 6) is 0. The Bertz CT molecular complexity index is 699. The lowest BCUT2D eigenvalue weighted by molar-refractivity contribution is -0.383. The zero-order chi connectivity index (χ0) is 11.8. The third-order valence-electron chi connectivity index (χ3n) is 2.68. The molecule has 0 radical (unpaired) electrons. The van der Waals surface area contributed by atoms with E-state index in [9.17, 15) is 10.1 Å². The van der Waals surface area contributed by atoms with Crippen molar-refractivity contribution in [3.8, 4) is 10.4 Å². The molecule has 2 aromatic heterocycles. The molecule has 0 amide bonds. The van der Waals surface area contributed by atoms with E-state index in [0.717, 1.165) is 16.5 Å². The molecule has 0 saturated carbocycles. The van der Waals surface area contributed by atoms with Gasteiger partial charge >= 0.3 is 0 Å². The second kappa shape index (κ2) is 3.71. The quantitative estimate of drug-likeness (QED) is 0.550. The van der Waals surface area contributed by atoms with Crippen LogP contribution in [-0.2, 0) is 0 Å². The Morgan fingerprint density at radius 1 is 1.24 bits per heavy atom. The van der Waals surface area contributed by atoms with E-state index in [1.54, 1.807) is 11.4 Å². The van der Waals surface area contributed by atoms with Crippen LogP contribution in [0.3, 0.4) is 0 Å². The number of aromatic amines is 1. The van der Waals surface area contributed by atoms with Gasteiger partial charge < -0.3 is 4.98 Å². The van der Waals surface area contributed by atoms with Crippen molar-refractivity contribution in [3.05, 3.63) is 52.0 Å². The maximum absolute atomic E-state index is 10.9. The molecule has 0 bridgehead atoms. The van der Waals surface area contributed by atoms with Crippen LogP contribution in [0, 0.1) is 10.1 Å². The number of para-hydroxylation sites is 1. The average Bonchev–Trinajstić information content (AvgIpc) is 2.94. The third-order valence-corrected chi connectivity index (χ3v) is 3.61. The average molecular weight is 244 g/mol. The largest absolute Gasteiger partial charge is 0.361 e. The highest BCUT2D eigenvalue weighted by molar-refractivity contribution is 7.14. The lowest BCUT2D eigenvalue weighted by atomic mass is 10.1. The van der Waals surface area contributed by atoms with Crippen LogP contribution in [0.25, 0.3) is 21.3 Å². The van der Waals surface area contributed by atoms with Gasteiger partial charge in [0, 0.05) is 28.7 Å². The van der Waals surface area contributed by atoms with E-state index in [4.69, 9.17) is 0 Å². The predicted octanol–water partition coefficient (Wildman–Crippen LogP) is 3.80. The van der Waals surface area contributed by atoms with Gasteiger partial charge in [0.2, 0.25) is 0 Å². The second-order valence-electron chi connectivity index (χ2n) is 3.64. The number of hydrogen-bond acceptors (Lipinski definition) is 3. The van der Waals surface area contributed by atoms with Crippen LogP contribution in [0.4, 0.5) is 5.69 Å². The summed E-state index contributed by atoms with van der Waals surface area (Å²) in [5.41, 5.74) is 2.05. The fourth-order valence-electron chi connectivity index (χ4n) is 1.91. The summed E-state index contributed by atoms with van der Waals surface area (Å²) in [6.07, 6.45) is 1.82. The predicted molar refractivity (Wildman–Crippen MR) is 68.3 cm³/mol. The lowest BCUT2D eigenvalue weighted by Gasteiger charge is -1.95. The Morgan fingerprint density at radius 3 is 2.88 bits per heavy atom. The first kappa shape index (κ1) is 10.0. The van der Waals surface area contributed by atoms with Gasteiger partial charge in [-0.25, -0.2) is 0 Å². The van der Waals surface area contributed by atoms with Crippen LogP contribution < -0.4 is 0 Å². The number of thiophene rings is 1. The van der Waals surface area contributed by atoms with Gasteiger partial charge in [0.25, 0.3) is 5.69 Å². The third kappa shape index (κ3) is 1.52. The van der Waals surface area contributed by atoms with Crippen molar-refractivity contribution in [1.82, 2.24) is 4.98 Å². The van der Waals surface area contributed by atoms with Crippen molar-refractivity contribution in [3.63, 3.8) is 0 Å². The summed E-state index contributed by atoms with van der Waals surface area (Å²) in [5, 5.41) is 13.7. The van der Waals surface area contributed by atoms with Gasteiger partial charge in [-0.1, -0.05) is 18.2 Å². The molecule has 2 heterocycles. The van der Waals surface area contributed by atoms with Crippen LogP contribution in [0.5, 0.6) is 0 Å². The monoisotopic (exact) mass is 244 g/mol. The molecule has 0 atom stereocenters. The van der Waals surface area contributed by atoms with E-state index in [-0.39, 0.29) is 10.6 Å². The molecule has 4 nitrogen and oxygen atoms in total. The number of rotatable bonds is 2. The van der Waals surface area contributed by atoms with Crippen molar-refractivity contribution < 1.29 is 4.92 Å². The SMILES string of the molecule is O=[N+]([O-])c1ccsc1-c1c[nH]c2ccccc12. The summed E-state index contributed by atoms with van der Waals surface area (Å²) in [6, 6.07) is 9.33. The van der Waals surface area contributed by atoms with E-state index in [1.165, 1.54) is 11.3 Å². The van der Waals surface area contributed by atoms with Gasteiger partial charge in [0.1, 0.15) is 4.88 Å². The second-order valence-corrected chi connectivity index (χ2v) is 4.56. The molecule has 0 aliphatic carbocycles. The summed E-state index contributed by atoms with van der Waals surface area (Å²) in [6.45, 7) is 0. The van der Waals surface area contributed by atoms with Crippen LogP contribution in [0.15, 0.2) is 41.9 Å². The van der Waals surface area contributed by atoms with Gasteiger partial charge in [-0.2, -0.15) is 0 Å². The molecule has 0 spiro atoms. The topological polar surface area (TPSA) is 58.9 Å². The molecule has 1 N–H and O–H groups in total. The lowest BCUT2D eigenvalue weighted by Crippen LogP contribution is -1.86. The van der Waals surface area contributed by atoms with Crippen molar-refractivity contribution >= 4 is 27.9 Å². The van der Waals surface area contributed by atoms with E-state index in [0.29, 0.717) is 4.88 Å². The van der Waals surface area contributed by atoms with Crippen molar-refractivity contribution in [2.75, 3.05) is 0 Å². The summed E-state index contributed by atoms with van der Waals surface area (Å²) in [4.78, 5) is 14.4. The number of nitrogens with one attached hydrogen (secondary N) is 1. The van der Waals surface area contributed by atoms with Gasteiger partial charge in [0.15, 0.2) is 0 Å². The number of benzene rings is 1. The molecule has 84 valence electrons. The van der Waals surface area contributed by atoms with Gasteiger partial charge in [-0.05, 0) is 11.4 Å². The first-order chi connectivity index (χ1) is 8.27. The molecule has 0 saturated heterocycles. The Labute approximate surface area is 101 Å². The van der Waals surface area contributed by atoms with Gasteiger partial charge in [-0.15, -0.1) is 11.3 Å². The fraction of sp³-hybridized carbons (Fsp3) is 0. The molecule has 5 heteroatoms. The van der Waals surface area contributed by atoms with Crippen molar-refractivity contribution in [1.29, 1.82) is 0 Å². The number of nitrogens with zero attached hydrogens (tertiary/aromatic N) is 1. The van der Waals surface area contributed by atoms with Gasteiger partial charge in [0.05, 0.1) is 4.92 Å². The molecule has 0 aliphatic heterocycles. The molecular weight excluding hydrogens is 236 g/mol. The Kier molecular flexibility index (Phi) is 2.19. The zero-order valence-electron chi connectivity index (χ0n) is 8.71. The van der Waals surface area contributed by atoms with Crippen molar-refractivity contribution in [2.24, 2.45) is 0 Å². The first-order valence-electron chi connectivity index (χ1n) is 5.06. The Hall–Kier alpha value is -2.14. The molecule has 3 rings (SSSR count).